The Morgan fingerprint density at radius 2 is 1.75 bits per heavy atom. The standard InChI is InChI=1S/C24H27N3O4S/c1-24(2,25-15-23(28)16-7-6-8-17(13-16)27-32(3,29)30)31-18-11-12-20-19-9-4-5-10-21(19)26-22(20)14-18/h4-14,23,25-28H,15H2,1-3H3. The molecule has 0 saturated heterocycles. The average Bonchev–Trinajstić information content (AvgIpc) is 3.08. The lowest BCUT2D eigenvalue weighted by atomic mass is 10.1. The quantitative estimate of drug-likeness (QED) is 0.300. The highest BCUT2D eigenvalue weighted by atomic mass is 32.2. The molecule has 8 heteroatoms. The van der Waals surface area contributed by atoms with Crippen LogP contribution in [-0.4, -0.2) is 37.0 Å². The Labute approximate surface area is 187 Å². The molecular formula is C24H27N3O4S. The van der Waals surface area contributed by atoms with Gasteiger partial charge in [-0.1, -0.05) is 30.3 Å². The van der Waals surface area contributed by atoms with Crippen LogP contribution in [0.5, 0.6) is 5.75 Å². The van der Waals surface area contributed by atoms with Crippen LogP contribution in [0.3, 0.4) is 0 Å². The van der Waals surface area contributed by atoms with E-state index in [0.717, 1.165) is 22.7 Å². The number of para-hydroxylation sites is 1. The van der Waals surface area contributed by atoms with Gasteiger partial charge in [-0.15, -0.1) is 0 Å². The normalized spacial score (nSPS) is 13.4. The second-order valence-corrected chi connectivity index (χ2v) is 10.1. The number of aliphatic hydroxyl groups is 1. The van der Waals surface area contributed by atoms with Crippen molar-refractivity contribution >= 4 is 37.5 Å². The van der Waals surface area contributed by atoms with Crippen LogP contribution in [0.25, 0.3) is 21.8 Å². The molecule has 4 N–H and O–H groups in total. The number of anilines is 1. The summed E-state index contributed by atoms with van der Waals surface area (Å²) >= 11 is 0. The number of ether oxygens (including phenoxy) is 1. The summed E-state index contributed by atoms with van der Waals surface area (Å²) in [6, 6.07) is 20.8. The molecule has 0 saturated carbocycles. The van der Waals surface area contributed by atoms with E-state index in [9.17, 15) is 13.5 Å². The van der Waals surface area contributed by atoms with Gasteiger partial charge >= 0.3 is 0 Å². The first kappa shape index (κ1) is 22.1. The van der Waals surface area contributed by atoms with Gasteiger partial charge in [-0.05, 0) is 49.7 Å². The molecule has 0 spiro atoms. The summed E-state index contributed by atoms with van der Waals surface area (Å²) in [5.74, 6) is 0.704. The van der Waals surface area contributed by atoms with E-state index in [1.54, 1.807) is 24.3 Å². The van der Waals surface area contributed by atoms with Gasteiger partial charge in [-0.3, -0.25) is 10.0 Å². The SMILES string of the molecule is CC(C)(NCC(O)c1cccc(NS(C)(=O)=O)c1)Oc1ccc2c(c1)[nH]c1ccccc12. The fourth-order valence-electron chi connectivity index (χ4n) is 3.71. The largest absolute Gasteiger partial charge is 0.473 e. The lowest BCUT2D eigenvalue weighted by molar-refractivity contribution is 0.0515. The minimum absolute atomic E-state index is 0.226. The molecule has 1 heterocycles. The van der Waals surface area contributed by atoms with Crippen LogP contribution in [0, 0.1) is 0 Å². The van der Waals surface area contributed by atoms with Crippen molar-refractivity contribution < 1.29 is 18.3 Å². The van der Waals surface area contributed by atoms with E-state index >= 15 is 0 Å². The van der Waals surface area contributed by atoms with Gasteiger partial charge in [0.2, 0.25) is 10.0 Å². The van der Waals surface area contributed by atoms with Gasteiger partial charge < -0.3 is 14.8 Å². The molecule has 0 aliphatic rings. The third kappa shape index (κ3) is 5.21. The molecular weight excluding hydrogens is 426 g/mol. The van der Waals surface area contributed by atoms with Crippen molar-refractivity contribution in [3.05, 3.63) is 72.3 Å². The molecule has 0 aliphatic heterocycles. The zero-order valence-electron chi connectivity index (χ0n) is 18.2. The molecule has 3 aromatic carbocycles. The summed E-state index contributed by atoms with van der Waals surface area (Å²) in [4.78, 5) is 3.41. The first-order chi connectivity index (χ1) is 15.1. The van der Waals surface area contributed by atoms with Crippen LogP contribution in [0.4, 0.5) is 5.69 Å². The Balaban J connectivity index is 1.43. The molecule has 4 rings (SSSR count). The molecule has 0 fully saturated rings. The topological polar surface area (TPSA) is 103 Å². The molecule has 1 aromatic heterocycles. The van der Waals surface area contributed by atoms with Crippen LogP contribution in [0.2, 0.25) is 0 Å². The van der Waals surface area contributed by atoms with Crippen molar-refractivity contribution in [2.75, 3.05) is 17.5 Å². The molecule has 1 unspecified atom stereocenters. The maximum Gasteiger partial charge on any atom is 0.229 e. The summed E-state index contributed by atoms with van der Waals surface area (Å²) in [5.41, 5.74) is 2.33. The molecule has 0 bridgehead atoms. The van der Waals surface area contributed by atoms with Gasteiger partial charge in [0, 0.05) is 34.6 Å². The van der Waals surface area contributed by atoms with E-state index in [4.69, 9.17) is 4.74 Å². The molecule has 0 aliphatic carbocycles. The molecule has 32 heavy (non-hydrogen) atoms. The molecule has 7 nitrogen and oxygen atoms in total. The first-order valence-corrected chi connectivity index (χ1v) is 12.2. The number of nitrogens with one attached hydrogen (secondary N) is 3. The van der Waals surface area contributed by atoms with E-state index in [-0.39, 0.29) is 6.54 Å². The summed E-state index contributed by atoms with van der Waals surface area (Å²) in [5, 5.41) is 16.1. The first-order valence-electron chi connectivity index (χ1n) is 10.3. The highest BCUT2D eigenvalue weighted by Gasteiger charge is 2.21. The maximum atomic E-state index is 11.4. The molecule has 0 amide bonds. The van der Waals surface area contributed by atoms with Gasteiger partial charge in [0.05, 0.1) is 17.9 Å². The molecule has 4 aromatic rings. The number of hydrogen-bond acceptors (Lipinski definition) is 5. The third-order valence-electron chi connectivity index (χ3n) is 5.15. The lowest BCUT2D eigenvalue weighted by Crippen LogP contribution is -2.46. The van der Waals surface area contributed by atoms with Gasteiger partial charge in [0.1, 0.15) is 5.75 Å². The smallest absolute Gasteiger partial charge is 0.229 e. The Hall–Kier alpha value is -3.07. The molecule has 0 radical (unpaired) electrons. The number of aromatic amines is 1. The van der Waals surface area contributed by atoms with Crippen LogP contribution >= 0.6 is 0 Å². The third-order valence-corrected chi connectivity index (χ3v) is 5.75. The van der Waals surface area contributed by atoms with Gasteiger partial charge in [-0.25, -0.2) is 8.42 Å². The average molecular weight is 454 g/mol. The summed E-state index contributed by atoms with van der Waals surface area (Å²) in [6.45, 7) is 4.00. The summed E-state index contributed by atoms with van der Waals surface area (Å²) in [7, 11) is -3.38. The highest BCUT2D eigenvalue weighted by Crippen LogP contribution is 2.29. The number of rotatable bonds is 8. The maximum absolute atomic E-state index is 11.4. The van der Waals surface area contributed by atoms with Crippen molar-refractivity contribution in [1.82, 2.24) is 10.3 Å². The Morgan fingerprint density at radius 3 is 2.53 bits per heavy atom. The van der Waals surface area contributed by atoms with Crippen LogP contribution < -0.4 is 14.8 Å². The summed E-state index contributed by atoms with van der Waals surface area (Å²) < 4.78 is 31.4. The van der Waals surface area contributed by atoms with E-state index in [1.807, 2.05) is 50.2 Å². The molecule has 168 valence electrons. The van der Waals surface area contributed by atoms with Crippen LogP contribution in [-0.2, 0) is 10.0 Å². The predicted molar refractivity (Wildman–Crippen MR) is 128 cm³/mol. The van der Waals surface area contributed by atoms with E-state index in [2.05, 4.69) is 21.1 Å². The van der Waals surface area contributed by atoms with Gasteiger partial charge in [-0.2, -0.15) is 0 Å². The van der Waals surface area contributed by atoms with Crippen molar-refractivity contribution in [2.24, 2.45) is 0 Å². The summed E-state index contributed by atoms with van der Waals surface area (Å²) in [6.07, 6.45) is 0.250. The fraction of sp³-hybridized carbons (Fsp3) is 0.250. The predicted octanol–water partition coefficient (Wildman–Crippen LogP) is 4.13. The second-order valence-electron chi connectivity index (χ2n) is 8.39. The second kappa shape index (κ2) is 8.46. The van der Waals surface area contributed by atoms with Gasteiger partial charge in [0.25, 0.3) is 0 Å². The van der Waals surface area contributed by atoms with Crippen molar-refractivity contribution in [3.8, 4) is 5.75 Å². The number of hydrogen-bond donors (Lipinski definition) is 4. The monoisotopic (exact) mass is 453 g/mol. The van der Waals surface area contributed by atoms with Crippen molar-refractivity contribution in [1.29, 1.82) is 0 Å². The molecule has 1 atom stereocenters. The van der Waals surface area contributed by atoms with E-state index in [0.29, 0.717) is 17.0 Å². The highest BCUT2D eigenvalue weighted by molar-refractivity contribution is 7.92. The fourth-order valence-corrected chi connectivity index (χ4v) is 4.27. The van der Waals surface area contributed by atoms with E-state index in [1.165, 1.54) is 5.39 Å². The number of sulfonamides is 1. The van der Waals surface area contributed by atoms with E-state index < -0.39 is 21.9 Å². The number of benzene rings is 3. The number of aliphatic hydroxyl groups excluding tert-OH is 1. The van der Waals surface area contributed by atoms with Crippen molar-refractivity contribution in [3.63, 3.8) is 0 Å². The zero-order valence-corrected chi connectivity index (χ0v) is 19.0. The number of H-pyrrole nitrogens is 1. The number of aromatic nitrogens is 1. The minimum Gasteiger partial charge on any atom is -0.473 e. The number of fused-ring (bicyclic) bond motifs is 3. The minimum atomic E-state index is -3.38. The van der Waals surface area contributed by atoms with Crippen molar-refractivity contribution in [2.45, 2.75) is 25.7 Å². The Bertz CT molecular complexity index is 1360. The Kier molecular flexibility index (Phi) is 5.85. The zero-order chi connectivity index (χ0) is 22.9. The van der Waals surface area contributed by atoms with Crippen LogP contribution in [0.1, 0.15) is 25.5 Å². The van der Waals surface area contributed by atoms with Gasteiger partial charge in [0.15, 0.2) is 5.72 Å². The Morgan fingerprint density at radius 1 is 1.00 bits per heavy atom. The lowest BCUT2D eigenvalue weighted by Gasteiger charge is -2.29. The van der Waals surface area contributed by atoms with Crippen LogP contribution in [0.15, 0.2) is 66.7 Å².